The van der Waals surface area contributed by atoms with E-state index in [0.717, 1.165) is 52.0 Å². The third-order valence-electron chi connectivity index (χ3n) is 5.52. The number of piperazine rings is 1. The molecule has 2 aliphatic heterocycles. The molecule has 1 aromatic rings. The summed E-state index contributed by atoms with van der Waals surface area (Å²) >= 11 is 0. The van der Waals surface area contributed by atoms with Crippen LogP contribution in [0.4, 0.5) is 14.9 Å². The van der Waals surface area contributed by atoms with Crippen molar-refractivity contribution >= 4 is 17.6 Å². The van der Waals surface area contributed by atoms with Crippen molar-refractivity contribution in [2.75, 3.05) is 51.6 Å². The van der Waals surface area contributed by atoms with Crippen molar-refractivity contribution in [3.05, 3.63) is 30.1 Å². The Kier molecular flexibility index (Phi) is 6.66. The number of likely N-dealkylation sites (tertiary alicyclic amines) is 1. The second-order valence-electron chi connectivity index (χ2n) is 7.61. The first kappa shape index (κ1) is 19.6. The SMILES string of the molecule is CN1CCN(C(=O)CC[C@@H]2CCCN(C(=O)Nc3ccc(F)cc3)C2)CC1. The van der Waals surface area contributed by atoms with Crippen LogP contribution in [0.25, 0.3) is 0 Å². The van der Waals surface area contributed by atoms with Crippen LogP contribution in [0.1, 0.15) is 25.7 Å². The molecule has 6 nitrogen and oxygen atoms in total. The lowest BCUT2D eigenvalue weighted by molar-refractivity contribution is -0.133. The summed E-state index contributed by atoms with van der Waals surface area (Å²) in [6, 6.07) is 5.63. The van der Waals surface area contributed by atoms with Gasteiger partial charge in [-0.2, -0.15) is 0 Å². The number of rotatable bonds is 4. The second-order valence-corrected chi connectivity index (χ2v) is 7.61. The fraction of sp³-hybridized carbons (Fsp3) is 0.600. The minimum atomic E-state index is -0.323. The summed E-state index contributed by atoms with van der Waals surface area (Å²) in [7, 11) is 2.08. The van der Waals surface area contributed by atoms with Crippen LogP contribution >= 0.6 is 0 Å². The number of likely N-dealkylation sites (N-methyl/N-ethyl adjacent to an activating group) is 1. The number of halogens is 1. The molecule has 2 saturated heterocycles. The fourth-order valence-corrected chi connectivity index (χ4v) is 3.76. The predicted molar refractivity (Wildman–Crippen MR) is 103 cm³/mol. The molecule has 2 aliphatic rings. The van der Waals surface area contributed by atoms with Gasteiger partial charge in [0.2, 0.25) is 5.91 Å². The maximum absolute atomic E-state index is 13.0. The Bertz CT molecular complexity index is 644. The van der Waals surface area contributed by atoms with E-state index in [4.69, 9.17) is 0 Å². The zero-order chi connectivity index (χ0) is 19.2. The number of nitrogens with zero attached hydrogens (tertiary/aromatic N) is 3. The summed E-state index contributed by atoms with van der Waals surface area (Å²) in [6.07, 6.45) is 3.38. The maximum atomic E-state index is 13.0. The van der Waals surface area contributed by atoms with Crippen molar-refractivity contribution in [1.82, 2.24) is 14.7 Å². The molecule has 27 heavy (non-hydrogen) atoms. The van der Waals surface area contributed by atoms with Gasteiger partial charge >= 0.3 is 6.03 Å². The highest BCUT2D eigenvalue weighted by atomic mass is 19.1. The van der Waals surface area contributed by atoms with E-state index >= 15 is 0 Å². The summed E-state index contributed by atoms with van der Waals surface area (Å²) in [5.41, 5.74) is 0.591. The highest BCUT2D eigenvalue weighted by molar-refractivity contribution is 5.89. The zero-order valence-electron chi connectivity index (χ0n) is 16.0. The third kappa shape index (κ3) is 5.66. The van der Waals surface area contributed by atoms with Gasteiger partial charge < -0.3 is 20.0 Å². The van der Waals surface area contributed by atoms with Gasteiger partial charge in [0.25, 0.3) is 0 Å². The summed E-state index contributed by atoms with van der Waals surface area (Å²) in [5, 5.41) is 2.82. The van der Waals surface area contributed by atoms with E-state index in [-0.39, 0.29) is 17.8 Å². The number of urea groups is 1. The largest absolute Gasteiger partial charge is 0.340 e. The summed E-state index contributed by atoms with van der Waals surface area (Å²) in [5.74, 6) is 0.265. The molecule has 7 heteroatoms. The Labute approximate surface area is 160 Å². The lowest BCUT2D eigenvalue weighted by atomic mass is 9.93. The number of hydrogen-bond donors (Lipinski definition) is 1. The lowest BCUT2D eigenvalue weighted by Gasteiger charge is -2.34. The molecule has 0 radical (unpaired) electrons. The number of carbonyl (C=O) groups is 2. The van der Waals surface area contributed by atoms with Crippen molar-refractivity contribution in [2.24, 2.45) is 5.92 Å². The highest BCUT2D eigenvalue weighted by Gasteiger charge is 2.25. The molecule has 0 aliphatic carbocycles. The lowest BCUT2D eigenvalue weighted by Crippen LogP contribution is -2.47. The van der Waals surface area contributed by atoms with E-state index in [9.17, 15) is 14.0 Å². The molecule has 0 aromatic heterocycles. The standard InChI is InChI=1S/C20H29FN4O2/c1-23-11-13-24(14-12-23)19(26)9-4-16-3-2-10-25(15-16)20(27)22-18-7-5-17(21)6-8-18/h5-8,16H,2-4,9-15H2,1H3,(H,22,27)/t16-/m0/s1. The minimum absolute atomic E-state index is 0.156. The number of hydrogen-bond acceptors (Lipinski definition) is 3. The van der Waals surface area contributed by atoms with Gasteiger partial charge in [0.05, 0.1) is 0 Å². The van der Waals surface area contributed by atoms with Gasteiger partial charge in [0, 0.05) is 51.4 Å². The first-order valence-corrected chi connectivity index (χ1v) is 9.79. The van der Waals surface area contributed by atoms with Gasteiger partial charge in [-0.05, 0) is 56.5 Å². The maximum Gasteiger partial charge on any atom is 0.321 e. The quantitative estimate of drug-likeness (QED) is 0.879. The summed E-state index contributed by atoms with van der Waals surface area (Å²) in [4.78, 5) is 30.9. The second kappa shape index (κ2) is 9.17. The molecule has 0 saturated carbocycles. The molecule has 2 fully saturated rings. The van der Waals surface area contributed by atoms with Crippen LogP contribution in [0.3, 0.4) is 0 Å². The molecule has 0 spiro atoms. The molecule has 1 N–H and O–H groups in total. The number of piperidine rings is 1. The first-order chi connectivity index (χ1) is 13.0. The van der Waals surface area contributed by atoms with Gasteiger partial charge in [-0.1, -0.05) is 0 Å². The number of nitrogens with one attached hydrogen (secondary N) is 1. The van der Waals surface area contributed by atoms with E-state index in [0.29, 0.717) is 24.6 Å². The molecule has 1 aromatic carbocycles. The highest BCUT2D eigenvalue weighted by Crippen LogP contribution is 2.22. The molecule has 1 atom stereocenters. The van der Waals surface area contributed by atoms with Crippen molar-refractivity contribution in [1.29, 1.82) is 0 Å². The Morgan fingerprint density at radius 2 is 1.78 bits per heavy atom. The van der Waals surface area contributed by atoms with Gasteiger partial charge in [-0.3, -0.25) is 4.79 Å². The van der Waals surface area contributed by atoms with E-state index < -0.39 is 0 Å². The van der Waals surface area contributed by atoms with Gasteiger partial charge in [0.1, 0.15) is 5.82 Å². The zero-order valence-corrected chi connectivity index (χ0v) is 16.0. The van der Waals surface area contributed by atoms with Crippen molar-refractivity contribution < 1.29 is 14.0 Å². The Morgan fingerprint density at radius 1 is 1.07 bits per heavy atom. The molecular weight excluding hydrogens is 347 g/mol. The van der Waals surface area contributed by atoms with Crippen LogP contribution in [-0.4, -0.2) is 73.0 Å². The average molecular weight is 376 g/mol. The van der Waals surface area contributed by atoms with Crippen LogP contribution in [-0.2, 0) is 4.79 Å². The normalized spacial score (nSPS) is 21.2. The molecule has 0 unspecified atom stereocenters. The van der Waals surface area contributed by atoms with E-state index in [1.807, 2.05) is 4.90 Å². The van der Waals surface area contributed by atoms with E-state index in [1.54, 1.807) is 17.0 Å². The third-order valence-corrected chi connectivity index (χ3v) is 5.52. The fourth-order valence-electron chi connectivity index (χ4n) is 3.76. The predicted octanol–water partition coefficient (Wildman–Crippen LogP) is 2.62. The van der Waals surface area contributed by atoms with E-state index in [2.05, 4.69) is 17.3 Å². The van der Waals surface area contributed by atoms with Crippen LogP contribution in [0.2, 0.25) is 0 Å². The smallest absolute Gasteiger partial charge is 0.321 e. The van der Waals surface area contributed by atoms with Crippen LogP contribution < -0.4 is 5.32 Å². The van der Waals surface area contributed by atoms with E-state index in [1.165, 1.54) is 12.1 Å². The van der Waals surface area contributed by atoms with Gasteiger partial charge in [-0.15, -0.1) is 0 Å². The van der Waals surface area contributed by atoms with Gasteiger partial charge in [0.15, 0.2) is 0 Å². The molecular formula is C20H29FN4O2. The molecule has 0 bridgehead atoms. The van der Waals surface area contributed by atoms with Crippen molar-refractivity contribution in [3.63, 3.8) is 0 Å². The first-order valence-electron chi connectivity index (χ1n) is 9.79. The van der Waals surface area contributed by atoms with Gasteiger partial charge in [-0.25, -0.2) is 9.18 Å². The Balaban J connectivity index is 1.44. The Morgan fingerprint density at radius 3 is 2.48 bits per heavy atom. The van der Waals surface area contributed by atoms with Crippen molar-refractivity contribution in [3.8, 4) is 0 Å². The minimum Gasteiger partial charge on any atom is -0.340 e. The van der Waals surface area contributed by atoms with Crippen LogP contribution in [0, 0.1) is 11.7 Å². The van der Waals surface area contributed by atoms with Crippen LogP contribution in [0.15, 0.2) is 24.3 Å². The summed E-state index contributed by atoms with van der Waals surface area (Å²) in [6.45, 7) is 4.89. The average Bonchev–Trinajstić information content (AvgIpc) is 2.68. The number of anilines is 1. The van der Waals surface area contributed by atoms with Crippen LogP contribution in [0.5, 0.6) is 0 Å². The number of carbonyl (C=O) groups excluding carboxylic acids is 2. The van der Waals surface area contributed by atoms with Crippen molar-refractivity contribution in [2.45, 2.75) is 25.7 Å². The molecule has 148 valence electrons. The number of benzene rings is 1. The monoisotopic (exact) mass is 376 g/mol. The number of amides is 3. The topological polar surface area (TPSA) is 55.9 Å². The molecule has 2 heterocycles. The molecule has 3 amide bonds. The Hall–Kier alpha value is -2.15. The summed E-state index contributed by atoms with van der Waals surface area (Å²) < 4.78 is 13.0. The molecule has 3 rings (SSSR count).